The maximum Gasteiger partial charge on any atom is 0.230 e. The second-order valence-electron chi connectivity index (χ2n) is 7.38. The number of pyridine rings is 1. The highest BCUT2D eigenvalue weighted by molar-refractivity contribution is 7.99. The minimum atomic E-state index is -0.0685. The van der Waals surface area contributed by atoms with Gasteiger partial charge in [0.2, 0.25) is 5.91 Å². The van der Waals surface area contributed by atoms with Crippen molar-refractivity contribution in [1.82, 2.24) is 25.1 Å². The number of thioether (sulfide) groups is 1. The van der Waals surface area contributed by atoms with E-state index in [2.05, 4.69) is 20.5 Å². The third-order valence-corrected chi connectivity index (χ3v) is 6.09. The van der Waals surface area contributed by atoms with E-state index in [0.717, 1.165) is 29.1 Å². The summed E-state index contributed by atoms with van der Waals surface area (Å²) in [7, 11) is 0. The van der Waals surface area contributed by atoms with Gasteiger partial charge in [-0.3, -0.25) is 14.3 Å². The zero-order valence-electron chi connectivity index (χ0n) is 17.2. The SMILES string of the molecule is O=C(CSc1nnc(-c2ccncc2)n1Cc1ccco1)N[C@H]1COc2ccccc2C1. The molecule has 0 unspecified atom stereocenters. The molecule has 4 heterocycles. The Hall–Kier alpha value is -3.59. The standard InChI is InChI=1S/C23H21N5O3S/c29-21(25-18-12-17-4-1-2-6-20(17)31-14-18)15-32-23-27-26-22(16-7-9-24-10-8-16)28(23)13-19-5-3-11-30-19/h1-11,18H,12-15H2,(H,25,29)/t18-/m1/s1. The van der Waals surface area contributed by atoms with Gasteiger partial charge >= 0.3 is 0 Å². The number of rotatable bonds is 7. The molecular formula is C23H21N5O3S. The van der Waals surface area contributed by atoms with Crippen LogP contribution in [0.1, 0.15) is 11.3 Å². The zero-order chi connectivity index (χ0) is 21.8. The molecule has 3 aromatic heterocycles. The Balaban J connectivity index is 1.27. The number of furan rings is 1. The summed E-state index contributed by atoms with van der Waals surface area (Å²) in [5.41, 5.74) is 2.00. The maximum atomic E-state index is 12.6. The lowest BCUT2D eigenvalue weighted by atomic mass is 10.0. The Bertz CT molecular complexity index is 1190. The van der Waals surface area contributed by atoms with Crippen molar-refractivity contribution in [2.45, 2.75) is 24.2 Å². The number of para-hydroxylation sites is 1. The number of nitrogens with one attached hydrogen (secondary N) is 1. The first-order valence-corrected chi connectivity index (χ1v) is 11.2. The van der Waals surface area contributed by atoms with Crippen LogP contribution in [0.2, 0.25) is 0 Å². The molecule has 1 aliphatic heterocycles. The quantitative estimate of drug-likeness (QED) is 0.435. The van der Waals surface area contributed by atoms with Gasteiger partial charge in [-0.25, -0.2) is 0 Å². The van der Waals surface area contributed by atoms with E-state index in [1.54, 1.807) is 18.7 Å². The fourth-order valence-electron chi connectivity index (χ4n) is 3.63. The molecule has 9 heteroatoms. The molecule has 1 aliphatic rings. The van der Waals surface area contributed by atoms with E-state index in [1.165, 1.54) is 11.8 Å². The third kappa shape index (κ3) is 4.52. The molecule has 4 aromatic rings. The minimum absolute atomic E-state index is 0.0497. The number of hydrogen-bond acceptors (Lipinski definition) is 7. The Morgan fingerprint density at radius 2 is 2.00 bits per heavy atom. The van der Waals surface area contributed by atoms with Crippen LogP contribution in [0.4, 0.5) is 0 Å². The molecule has 0 saturated heterocycles. The van der Waals surface area contributed by atoms with Gasteiger partial charge in [-0.15, -0.1) is 10.2 Å². The van der Waals surface area contributed by atoms with Crippen LogP contribution in [0, 0.1) is 0 Å². The van der Waals surface area contributed by atoms with E-state index >= 15 is 0 Å². The van der Waals surface area contributed by atoms with Crippen molar-refractivity contribution in [3.63, 3.8) is 0 Å². The summed E-state index contributed by atoms with van der Waals surface area (Å²) in [5, 5.41) is 12.4. The van der Waals surface area contributed by atoms with Crippen molar-refractivity contribution < 1.29 is 13.9 Å². The van der Waals surface area contributed by atoms with Crippen molar-refractivity contribution in [2.24, 2.45) is 0 Å². The van der Waals surface area contributed by atoms with Gasteiger partial charge in [-0.1, -0.05) is 30.0 Å². The summed E-state index contributed by atoms with van der Waals surface area (Å²) < 4.78 is 13.2. The van der Waals surface area contributed by atoms with Gasteiger partial charge in [-0.05, 0) is 42.3 Å². The molecule has 0 fully saturated rings. The van der Waals surface area contributed by atoms with Crippen molar-refractivity contribution in [3.8, 4) is 17.1 Å². The van der Waals surface area contributed by atoms with Crippen LogP contribution in [-0.4, -0.2) is 44.1 Å². The maximum absolute atomic E-state index is 12.6. The van der Waals surface area contributed by atoms with E-state index in [1.807, 2.05) is 53.1 Å². The van der Waals surface area contributed by atoms with E-state index < -0.39 is 0 Å². The molecular weight excluding hydrogens is 426 g/mol. The second-order valence-corrected chi connectivity index (χ2v) is 8.33. The summed E-state index contributed by atoms with van der Waals surface area (Å²) >= 11 is 1.35. The molecule has 0 bridgehead atoms. The smallest absolute Gasteiger partial charge is 0.230 e. The second kappa shape index (κ2) is 9.27. The number of carbonyl (C=O) groups is 1. The zero-order valence-corrected chi connectivity index (χ0v) is 18.0. The summed E-state index contributed by atoms with van der Waals surface area (Å²) in [6, 6.07) is 15.4. The molecule has 0 saturated carbocycles. The number of fused-ring (bicyclic) bond motifs is 1. The molecule has 8 nitrogen and oxygen atoms in total. The summed E-state index contributed by atoms with van der Waals surface area (Å²) in [6.07, 6.45) is 5.82. The van der Waals surface area contributed by atoms with Crippen LogP contribution >= 0.6 is 11.8 Å². The van der Waals surface area contributed by atoms with Crippen molar-refractivity contribution in [2.75, 3.05) is 12.4 Å². The monoisotopic (exact) mass is 447 g/mol. The lowest BCUT2D eigenvalue weighted by Crippen LogP contribution is -2.43. The lowest BCUT2D eigenvalue weighted by Gasteiger charge is -2.25. The van der Waals surface area contributed by atoms with Crippen LogP contribution in [0.25, 0.3) is 11.4 Å². The molecule has 0 radical (unpaired) electrons. The highest BCUT2D eigenvalue weighted by Crippen LogP contribution is 2.26. The number of amides is 1. The Morgan fingerprint density at radius 3 is 2.84 bits per heavy atom. The van der Waals surface area contributed by atoms with Crippen LogP contribution in [0.3, 0.4) is 0 Å². The highest BCUT2D eigenvalue weighted by atomic mass is 32.2. The first kappa shape index (κ1) is 20.3. The largest absolute Gasteiger partial charge is 0.491 e. The number of benzene rings is 1. The number of nitrogens with zero attached hydrogens (tertiary/aromatic N) is 4. The Labute approximate surface area is 189 Å². The van der Waals surface area contributed by atoms with Gasteiger partial charge in [0.1, 0.15) is 18.1 Å². The molecule has 162 valence electrons. The predicted molar refractivity (Wildman–Crippen MR) is 119 cm³/mol. The minimum Gasteiger partial charge on any atom is -0.491 e. The van der Waals surface area contributed by atoms with Crippen molar-refractivity contribution >= 4 is 17.7 Å². The number of ether oxygens (including phenoxy) is 1. The summed E-state index contributed by atoms with van der Waals surface area (Å²) in [6.45, 7) is 0.934. The lowest BCUT2D eigenvalue weighted by molar-refractivity contribution is -0.119. The number of carbonyl (C=O) groups excluding carboxylic acids is 1. The topological polar surface area (TPSA) is 95.1 Å². The van der Waals surface area contributed by atoms with E-state index in [9.17, 15) is 4.79 Å². The molecule has 5 rings (SSSR count). The van der Waals surface area contributed by atoms with E-state index in [-0.39, 0.29) is 17.7 Å². The predicted octanol–water partition coefficient (Wildman–Crippen LogP) is 3.19. The van der Waals surface area contributed by atoms with Crippen LogP contribution in [-0.2, 0) is 17.8 Å². The molecule has 1 atom stereocenters. The fourth-order valence-corrected chi connectivity index (χ4v) is 4.38. The Kier molecular flexibility index (Phi) is 5.89. The molecule has 32 heavy (non-hydrogen) atoms. The first-order chi connectivity index (χ1) is 15.8. The average Bonchev–Trinajstić information content (AvgIpc) is 3.49. The molecule has 1 amide bonds. The average molecular weight is 448 g/mol. The van der Waals surface area contributed by atoms with E-state index in [0.29, 0.717) is 24.1 Å². The normalized spacial score (nSPS) is 15.1. The van der Waals surface area contributed by atoms with Crippen LogP contribution in [0.15, 0.2) is 76.8 Å². The van der Waals surface area contributed by atoms with Gasteiger partial charge in [0, 0.05) is 18.0 Å². The van der Waals surface area contributed by atoms with E-state index in [4.69, 9.17) is 9.15 Å². The summed E-state index contributed by atoms with van der Waals surface area (Å²) in [5.74, 6) is 2.53. The number of hydrogen-bond donors (Lipinski definition) is 1. The van der Waals surface area contributed by atoms with Crippen molar-refractivity contribution in [3.05, 3.63) is 78.5 Å². The van der Waals surface area contributed by atoms with Gasteiger partial charge in [0.25, 0.3) is 0 Å². The van der Waals surface area contributed by atoms with Gasteiger partial charge in [0.15, 0.2) is 11.0 Å². The first-order valence-electron chi connectivity index (χ1n) is 10.2. The summed E-state index contributed by atoms with van der Waals surface area (Å²) in [4.78, 5) is 16.7. The molecule has 0 spiro atoms. The number of aromatic nitrogens is 4. The van der Waals surface area contributed by atoms with Crippen LogP contribution < -0.4 is 10.1 Å². The van der Waals surface area contributed by atoms with Crippen LogP contribution in [0.5, 0.6) is 5.75 Å². The Morgan fingerprint density at radius 1 is 1.12 bits per heavy atom. The highest BCUT2D eigenvalue weighted by Gasteiger charge is 2.22. The third-order valence-electron chi connectivity index (χ3n) is 5.13. The van der Waals surface area contributed by atoms with Gasteiger partial charge in [0.05, 0.1) is 24.6 Å². The van der Waals surface area contributed by atoms with Gasteiger partial charge in [-0.2, -0.15) is 0 Å². The molecule has 1 aromatic carbocycles. The molecule has 0 aliphatic carbocycles. The fraction of sp³-hybridized carbons (Fsp3) is 0.217. The van der Waals surface area contributed by atoms with Crippen molar-refractivity contribution in [1.29, 1.82) is 0 Å². The van der Waals surface area contributed by atoms with Gasteiger partial charge < -0.3 is 14.5 Å². The molecule has 1 N–H and O–H groups in total.